The highest BCUT2D eigenvalue weighted by molar-refractivity contribution is 4.90. The summed E-state index contributed by atoms with van der Waals surface area (Å²) in [5, 5.41) is 8.32. The second-order valence-electron chi connectivity index (χ2n) is 2.64. The number of hydrogen-bond donors (Lipinski definition) is 1. The number of hydrogen-bond acceptors (Lipinski definition) is 1. The molecule has 0 atom stereocenters. The Morgan fingerprint density at radius 1 is 1.36 bits per heavy atom. The van der Waals surface area contributed by atoms with E-state index in [0.717, 1.165) is 12.8 Å². The maximum absolute atomic E-state index is 12.5. The molecule has 0 aliphatic carbocycles. The van der Waals surface area contributed by atoms with Gasteiger partial charge in [-0.2, -0.15) is 0 Å². The molecular weight excluding hydrogens is 143 g/mol. The number of halogens is 1. The average Bonchev–Trinajstić information content (AvgIpc) is 1.99. The fourth-order valence-corrected chi connectivity index (χ4v) is 0.922. The highest BCUT2D eigenvalue weighted by Gasteiger charge is 1.93. The lowest BCUT2D eigenvalue weighted by Crippen LogP contribution is -1.81. The Hall–Kier alpha value is -0.370. The van der Waals surface area contributed by atoms with Gasteiger partial charge in [0.25, 0.3) is 0 Å². The van der Waals surface area contributed by atoms with Gasteiger partial charge in [-0.3, -0.25) is 0 Å². The van der Waals surface area contributed by atoms with E-state index < -0.39 is 0 Å². The highest BCUT2D eigenvalue weighted by Crippen LogP contribution is 2.10. The van der Waals surface area contributed by atoms with Gasteiger partial charge in [0.15, 0.2) is 0 Å². The Morgan fingerprint density at radius 3 is 2.64 bits per heavy atom. The van der Waals surface area contributed by atoms with E-state index in [4.69, 9.17) is 5.11 Å². The predicted octanol–water partition coefficient (Wildman–Crippen LogP) is 2.80. The number of aliphatic hydroxyl groups is 1. The Kier molecular flexibility index (Phi) is 7.47. The van der Waals surface area contributed by atoms with E-state index in [0.29, 0.717) is 6.42 Å². The van der Waals surface area contributed by atoms with Gasteiger partial charge < -0.3 is 5.11 Å². The van der Waals surface area contributed by atoms with Crippen LogP contribution >= 0.6 is 0 Å². The topological polar surface area (TPSA) is 20.2 Å². The lowest BCUT2D eigenvalue weighted by atomic mass is 10.1. The number of allylic oxidation sites excluding steroid dienone is 1. The van der Waals surface area contributed by atoms with E-state index in [1.54, 1.807) is 0 Å². The van der Waals surface area contributed by atoms with Crippen LogP contribution in [0.1, 0.15) is 39.0 Å². The Morgan fingerprint density at radius 2 is 2.09 bits per heavy atom. The van der Waals surface area contributed by atoms with Gasteiger partial charge in [0.2, 0.25) is 0 Å². The van der Waals surface area contributed by atoms with E-state index in [1.165, 1.54) is 18.9 Å². The van der Waals surface area contributed by atoms with Crippen molar-refractivity contribution in [3.05, 3.63) is 11.9 Å². The van der Waals surface area contributed by atoms with E-state index in [1.807, 2.05) is 0 Å². The summed E-state index contributed by atoms with van der Waals surface area (Å²) in [5.74, 6) is -0.177. The van der Waals surface area contributed by atoms with Gasteiger partial charge in [-0.25, -0.2) is 4.39 Å². The van der Waals surface area contributed by atoms with E-state index in [2.05, 4.69) is 6.92 Å². The molecule has 0 heterocycles. The Labute approximate surface area is 67.9 Å². The second-order valence-corrected chi connectivity index (χ2v) is 2.64. The zero-order valence-electron chi connectivity index (χ0n) is 7.15. The summed E-state index contributed by atoms with van der Waals surface area (Å²) in [6.45, 7) is 1.94. The first-order chi connectivity index (χ1) is 5.31. The summed E-state index contributed by atoms with van der Waals surface area (Å²) >= 11 is 0. The summed E-state index contributed by atoms with van der Waals surface area (Å²) in [6.07, 6.45) is 6.05. The largest absolute Gasteiger partial charge is 0.392 e. The molecule has 0 unspecified atom stereocenters. The lowest BCUT2D eigenvalue weighted by Gasteiger charge is -1.96. The maximum Gasteiger partial charge on any atom is 0.0982 e. The van der Waals surface area contributed by atoms with Crippen molar-refractivity contribution in [2.24, 2.45) is 0 Å². The molecule has 1 N–H and O–H groups in total. The van der Waals surface area contributed by atoms with Gasteiger partial charge in [-0.05, 0) is 18.9 Å². The van der Waals surface area contributed by atoms with Gasteiger partial charge >= 0.3 is 0 Å². The molecule has 0 rings (SSSR count). The molecule has 0 radical (unpaired) electrons. The smallest absolute Gasteiger partial charge is 0.0982 e. The van der Waals surface area contributed by atoms with Crippen molar-refractivity contribution < 1.29 is 9.50 Å². The van der Waals surface area contributed by atoms with Crippen LogP contribution in [0.3, 0.4) is 0 Å². The maximum atomic E-state index is 12.5. The molecule has 2 heteroatoms. The molecule has 0 aromatic heterocycles. The molecule has 66 valence electrons. The van der Waals surface area contributed by atoms with Crippen LogP contribution in [-0.2, 0) is 0 Å². The third-order valence-electron chi connectivity index (χ3n) is 1.58. The quantitative estimate of drug-likeness (QED) is 0.592. The molecule has 0 fully saturated rings. The lowest BCUT2D eigenvalue weighted by molar-refractivity contribution is 0.337. The molecule has 0 amide bonds. The van der Waals surface area contributed by atoms with Crippen molar-refractivity contribution in [2.45, 2.75) is 39.0 Å². The van der Waals surface area contributed by atoms with Gasteiger partial charge in [-0.1, -0.05) is 26.2 Å². The summed E-state index contributed by atoms with van der Waals surface area (Å²) in [4.78, 5) is 0. The molecule has 11 heavy (non-hydrogen) atoms. The van der Waals surface area contributed by atoms with Crippen LogP contribution in [0.4, 0.5) is 4.39 Å². The normalized spacial score (nSPS) is 12.1. The molecule has 0 spiro atoms. The summed E-state index contributed by atoms with van der Waals surface area (Å²) in [5.41, 5.74) is 0. The monoisotopic (exact) mass is 160 g/mol. The number of aliphatic hydroxyl groups excluding tert-OH is 1. The van der Waals surface area contributed by atoms with Crippen LogP contribution in [0.2, 0.25) is 0 Å². The third-order valence-corrected chi connectivity index (χ3v) is 1.58. The summed E-state index contributed by atoms with van der Waals surface area (Å²) in [6, 6.07) is 0. The fourth-order valence-electron chi connectivity index (χ4n) is 0.922. The van der Waals surface area contributed by atoms with Crippen molar-refractivity contribution in [3.8, 4) is 0 Å². The van der Waals surface area contributed by atoms with Crippen molar-refractivity contribution >= 4 is 0 Å². The average molecular weight is 160 g/mol. The fraction of sp³-hybridized carbons (Fsp3) is 0.778. The van der Waals surface area contributed by atoms with E-state index in [9.17, 15) is 4.39 Å². The van der Waals surface area contributed by atoms with Crippen molar-refractivity contribution in [2.75, 3.05) is 6.61 Å². The van der Waals surface area contributed by atoms with Crippen molar-refractivity contribution in [3.63, 3.8) is 0 Å². The van der Waals surface area contributed by atoms with Gasteiger partial charge in [0, 0.05) is 0 Å². The van der Waals surface area contributed by atoms with E-state index >= 15 is 0 Å². The van der Waals surface area contributed by atoms with Crippen LogP contribution in [0.5, 0.6) is 0 Å². The first-order valence-electron chi connectivity index (χ1n) is 4.26. The second kappa shape index (κ2) is 7.73. The number of rotatable bonds is 6. The van der Waals surface area contributed by atoms with Crippen LogP contribution in [0, 0.1) is 0 Å². The highest BCUT2D eigenvalue weighted by atomic mass is 19.1. The van der Waals surface area contributed by atoms with Crippen molar-refractivity contribution in [1.29, 1.82) is 0 Å². The molecule has 0 aromatic rings. The van der Waals surface area contributed by atoms with Crippen molar-refractivity contribution in [1.82, 2.24) is 0 Å². The van der Waals surface area contributed by atoms with E-state index in [-0.39, 0.29) is 12.4 Å². The molecule has 0 aliphatic heterocycles. The first-order valence-corrected chi connectivity index (χ1v) is 4.26. The molecule has 0 saturated carbocycles. The summed E-state index contributed by atoms with van der Waals surface area (Å²) < 4.78 is 12.5. The zero-order valence-corrected chi connectivity index (χ0v) is 7.15. The minimum Gasteiger partial charge on any atom is -0.392 e. The van der Waals surface area contributed by atoms with Crippen LogP contribution < -0.4 is 0 Å². The molecule has 0 aromatic carbocycles. The molecule has 1 nitrogen and oxygen atoms in total. The third kappa shape index (κ3) is 7.53. The molecule has 0 aliphatic rings. The summed E-state index contributed by atoms with van der Waals surface area (Å²) in [7, 11) is 0. The first kappa shape index (κ1) is 10.6. The zero-order chi connectivity index (χ0) is 8.53. The van der Waals surface area contributed by atoms with Gasteiger partial charge in [0.1, 0.15) is 0 Å². The minimum absolute atomic E-state index is 0.177. The number of unbranched alkanes of at least 4 members (excludes halogenated alkanes) is 3. The van der Waals surface area contributed by atoms with Crippen LogP contribution in [0.15, 0.2) is 11.9 Å². The SMILES string of the molecule is CCCCCC/C(F)=C/CO. The molecular formula is C9H17FO. The molecule has 0 saturated heterocycles. The standard InChI is InChI=1S/C9H17FO/c1-2-3-4-5-6-9(10)7-8-11/h7,11H,2-6,8H2,1H3/b9-7-. The van der Waals surface area contributed by atoms with Gasteiger partial charge in [-0.15, -0.1) is 0 Å². The molecule has 0 bridgehead atoms. The van der Waals surface area contributed by atoms with Gasteiger partial charge in [0.05, 0.1) is 12.4 Å². The van der Waals surface area contributed by atoms with Crippen LogP contribution in [-0.4, -0.2) is 11.7 Å². The predicted molar refractivity (Wildman–Crippen MR) is 45.0 cm³/mol. The Balaban J connectivity index is 3.17. The minimum atomic E-state index is -0.181. The van der Waals surface area contributed by atoms with Crippen LogP contribution in [0.25, 0.3) is 0 Å². The Bertz CT molecular complexity index is 110.